The highest BCUT2D eigenvalue weighted by Gasteiger charge is 2.15. The molecule has 0 saturated heterocycles. The van der Waals surface area contributed by atoms with Gasteiger partial charge in [-0.3, -0.25) is 10.1 Å². The summed E-state index contributed by atoms with van der Waals surface area (Å²) >= 11 is 0. The maximum Gasteiger partial charge on any atom is 0.366 e. The van der Waals surface area contributed by atoms with Gasteiger partial charge in [-0.15, -0.1) is 0 Å². The molecule has 7 nitrogen and oxygen atoms in total. The third-order valence-electron chi connectivity index (χ3n) is 3.81. The average molecular weight is 361 g/mol. The van der Waals surface area contributed by atoms with Crippen molar-refractivity contribution in [3.8, 4) is 11.1 Å². The molecule has 0 radical (unpaired) electrons. The van der Waals surface area contributed by atoms with Crippen LogP contribution in [0.4, 0.5) is 5.69 Å². The van der Waals surface area contributed by atoms with E-state index < -0.39 is 10.9 Å². The van der Waals surface area contributed by atoms with Gasteiger partial charge in [0.15, 0.2) is 5.84 Å². The number of nitrogens with two attached hydrogens (primary N) is 1. The molecule has 0 aliphatic carbocycles. The van der Waals surface area contributed by atoms with Gasteiger partial charge in [0.2, 0.25) is 0 Å². The summed E-state index contributed by atoms with van der Waals surface area (Å²) in [5.74, 6) is -0.813. The van der Waals surface area contributed by atoms with E-state index in [9.17, 15) is 14.9 Å². The molecule has 0 atom stereocenters. The molecule has 0 saturated carbocycles. The Kier molecular flexibility index (Phi) is 5.22. The van der Waals surface area contributed by atoms with E-state index >= 15 is 0 Å². The summed E-state index contributed by atoms with van der Waals surface area (Å²) in [6.45, 7) is 0. The number of non-ortho nitro benzene ring substituents is 1. The molecule has 0 aliphatic rings. The van der Waals surface area contributed by atoms with E-state index in [0.29, 0.717) is 11.1 Å². The molecule has 0 aliphatic heterocycles. The van der Waals surface area contributed by atoms with Crippen LogP contribution in [-0.4, -0.2) is 16.7 Å². The summed E-state index contributed by atoms with van der Waals surface area (Å²) in [7, 11) is 0. The first-order valence-electron chi connectivity index (χ1n) is 8.00. The van der Waals surface area contributed by atoms with Crippen LogP contribution >= 0.6 is 0 Å². The number of nitro benzene ring substituents is 1. The SMILES string of the molecule is NC(=NOC(=O)c1ccccc1-c1ccccc1)c1cccc([N+](=O)[O-])c1. The lowest BCUT2D eigenvalue weighted by Gasteiger charge is -2.07. The molecule has 0 amide bonds. The van der Waals surface area contributed by atoms with Crippen LogP contribution in [0, 0.1) is 10.1 Å². The Balaban J connectivity index is 1.83. The molecular weight excluding hydrogens is 346 g/mol. The van der Waals surface area contributed by atoms with Crippen molar-refractivity contribution in [2.75, 3.05) is 0 Å². The molecule has 0 fully saturated rings. The van der Waals surface area contributed by atoms with Crippen molar-refractivity contribution in [3.63, 3.8) is 0 Å². The third-order valence-corrected chi connectivity index (χ3v) is 3.81. The van der Waals surface area contributed by atoms with Gasteiger partial charge in [-0.1, -0.05) is 65.8 Å². The number of carbonyl (C=O) groups is 1. The van der Waals surface area contributed by atoms with E-state index in [1.165, 1.54) is 24.3 Å². The molecule has 0 spiro atoms. The van der Waals surface area contributed by atoms with Crippen LogP contribution in [0.5, 0.6) is 0 Å². The van der Waals surface area contributed by atoms with Crippen molar-refractivity contribution < 1.29 is 14.6 Å². The standard InChI is InChI=1S/C20H15N3O4/c21-19(15-9-6-10-16(13-15)23(25)26)22-27-20(24)18-12-5-4-11-17(18)14-7-2-1-3-8-14/h1-13H,(H2,21,22). The zero-order valence-electron chi connectivity index (χ0n) is 14.1. The highest BCUT2D eigenvalue weighted by Crippen LogP contribution is 2.24. The molecule has 27 heavy (non-hydrogen) atoms. The monoisotopic (exact) mass is 361 g/mol. The molecule has 7 heteroatoms. The molecule has 0 unspecified atom stereocenters. The van der Waals surface area contributed by atoms with Crippen molar-refractivity contribution in [1.29, 1.82) is 0 Å². The minimum absolute atomic E-state index is 0.133. The van der Waals surface area contributed by atoms with E-state index in [2.05, 4.69) is 5.16 Å². The molecule has 3 aromatic carbocycles. The topological polar surface area (TPSA) is 108 Å². The van der Waals surface area contributed by atoms with Crippen molar-refractivity contribution in [1.82, 2.24) is 0 Å². The maximum atomic E-state index is 12.5. The van der Waals surface area contributed by atoms with Crippen LogP contribution in [0.3, 0.4) is 0 Å². The minimum atomic E-state index is -0.678. The Hall–Kier alpha value is -4.00. The fourth-order valence-corrected chi connectivity index (χ4v) is 2.50. The highest BCUT2D eigenvalue weighted by atomic mass is 16.7. The van der Waals surface area contributed by atoms with Crippen LogP contribution in [0.1, 0.15) is 15.9 Å². The van der Waals surface area contributed by atoms with Crippen molar-refractivity contribution in [3.05, 3.63) is 100 Å². The van der Waals surface area contributed by atoms with Crippen molar-refractivity contribution in [2.24, 2.45) is 10.9 Å². The van der Waals surface area contributed by atoms with Crippen molar-refractivity contribution >= 4 is 17.5 Å². The number of oxime groups is 1. The number of nitrogens with zero attached hydrogens (tertiary/aromatic N) is 2. The Labute approximate surface area is 154 Å². The van der Waals surface area contributed by atoms with Crippen LogP contribution in [0.2, 0.25) is 0 Å². The van der Waals surface area contributed by atoms with Gasteiger partial charge in [0, 0.05) is 17.7 Å². The fourth-order valence-electron chi connectivity index (χ4n) is 2.50. The first-order valence-corrected chi connectivity index (χ1v) is 8.00. The second-order valence-corrected chi connectivity index (χ2v) is 5.57. The number of rotatable bonds is 5. The molecular formula is C20H15N3O4. The predicted octanol–water partition coefficient (Wildman–Crippen LogP) is 3.74. The second-order valence-electron chi connectivity index (χ2n) is 5.57. The van der Waals surface area contributed by atoms with Gasteiger partial charge >= 0.3 is 5.97 Å². The largest absolute Gasteiger partial charge is 0.380 e. The zero-order valence-corrected chi connectivity index (χ0v) is 14.1. The van der Waals surface area contributed by atoms with Crippen LogP contribution in [0.15, 0.2) is 84.0 Å². The summed E-state index contributed by atoms with van der Waals surface area (Å²) in [6.07, 6.45) is 0. The van der Waals surface area contributed by atoms with Crippen LogP contribution in [-0.2, 0) is 4.84 Å². The quantitative estimate of drug-likeness (QED) is 0.245. The Morgan fingerprint density at radius 2 is 1.67 bits per heavy atom. The summed E-state index contributed by atoms with van der Waals surface area (Å²) in [4.78, 5) is 27.7. The molecule has 0 aromatic heterocycles. The van der Waals surface area contributed by atoms with E-state index in [1.807, 2.05) is 36.4 Å². The Morgan fingerprint density at radius 3 is 2.41 bits per heavy atom. The van der Waals surface area contributed by atoms with Crippen LogP contribution in [0.25, 0.3) is 11.1 Å². The molecule has 3 aromatic rings. The normalized spacial score (nSPS) is 11.0. The molecule has 3 rings (SSSR count). The van der Waals surface area contributed by atoms with Crippen molar-refractivity contribution in [2.45, 2.75) is 0 Å². The van der Waals surface area contributed by atoms with Crippen LogP contribution < -0.4 is 5.73 Å². The summed E-state index contributed by atoms with van der Waals surface area (Å²) < 4.78 is 0. The van der Waals surface area contributed by atoms with Gasteiger partial charge in [-0.25, -0.2) is 4.79 Å². The number of hydrogen-bond donors (Lipinski definition) is 1. The number of nitro groups is 1. The van der Waals surface area contributed by atoms with Gasteiger partial charge in [-0.2, -0.15) is 0 Å². The lowest BCUT2D eigenvalue weighted by atomic mass is 10.00. The number of amidine groups is 1. The van der Waals surface area contributed by atoms with E-state index in [-0.39, 0.29) is 17.1 Å². The summed E-state index contributed by atoms with van der Waals surface area (Å²) in [5, 5.41) is 14.5. The van der Waals surface area contributed by atoms with E-state index in [1.54, 1.807) is 18.2 Å². The smallest absolute Gasteiger partial charge is 0.366 e. The Bertz CT molecular complexity index is 1020. The van der Waals surface area contributed by atoms with Gasteiger partial charge in [0.05, 0.1) is 10.5 Å². The van der Waals surface area contributed by atoms with E-state index in [0.717, 1.165) is 5.56 Å². The summed E-state index contributed by atoms with van der Waals surface area (Å²) in [5.41, 5.74) is 7.84. The third kappa shape index (κ3) is 4.16. The number of hydrogen-bond acceptors (Lipinski definition) is 5. The Morgan fingerprint density at radius 1 is 0.963 bits per heavy atom. The zero-order chi connectivity index (χ0) is 19.2. The lowest BCUT2D eigenvalue weighted by molar-refractivity contribution is -0.384. The van der Waals surface area contributed by atoms with Gasteiger partial charge in [0.1, 0.15) is 0 Å². The van der Waals surface area contributed by atoms with Gasteiger partial charge in [-0.05, 0) is 17.2 Å². The second kappa shape index (κ2) is 7.92. The maximum absolute atomic E-state index is 12.5. The molecule has 134 valence electrons. The summed E-state index contributed by atoms with van der Waals surface area (Å²) in [6, 6.07) is 22.0. The molecule has 0 bridgehead atoms. The first-order chi connectivity index (χ1) is 13.1. The predicted molar refractivity (Wildman–Crippen MR) is 101 cm³/mol. The number of benzene rings is 3. The van der Waals surface area contributed by atoms with Gasteiger partial charge < -0.3 is 10.6 Å². The first kappa shape index (κ1) is 17.8. The minimum Gasteiger partial charge on any atom is -0.380 e. The average Bonchev–Trinajstić information content (AvgIpc) is 2.72. The lowest BCUT2D eigenvalue weighted by Crippen LogP contribution is -2.15. The molecule has 0 heterocycles. The molecule has 2 N–H and O–H groups in total. The van der Waals surface area contributed by atoms with Gasteiger partial charge in [0.25, 0.3) is 5.69 Å². The number of carbonyl (C=O) groups excluding carboxylic acids is 1. The van der Waals surface area contributed by atoms with E-state index in [4.69, 9.17) is 10.6 Å². The fraction of sp³-hybridized carbons (Fsp3) is 0. The highest BCUT2D eigenvalue weighted by molar-refractivity contribution is 6.00.